The van der Waals surface area contributed by atoms with E-state index in [4.69, 9.17) is 0 Å². The van der Waals surface area contributed by atoms with Gasteiger partial charge in [-0.15, -0.1) is 0 Å². The minimum Gasteiger partial charge on any atom is -0.350 e. The summed E-state index contributed by atoms with van der Waals surface area (Å²) in [5, 5.41) is 2.94. The van der Waals surface area contributed by atoms with Gasteiger partial charge >= 0.3 is 0 Å². The Morgan fingerprint density at radius 3 is 2.65 bits per heavy atom. The normalized spacial score (nSPS) is 13.8. The van der Waals surface area contributed by atoms with Crippen LogP contribution in [-0.4, -0.2) is 29.0 Å². The van der Waals surface area contributed by atoms with Gasteiger partial charge in [0.05, 0.1) is 12.4 Å². The number of carbonyl (C=O) groups excluding carboxylic acids is 1. The number of benzene rings is 1. The van der Waals surface area contributed by atoms with Crippen molar-refractivity contribution in [2.45, 2.75) is 39.0 Å². The van der Waals surface area contributed by atoms with Gasteiger partial charge in [0.15, 0.2) is 5.82 Å². The topological polar surface area (TPSA) is 58.1 Å². The van der Waals surface area contributed by atoms with Crippen molar-refractivity contribution in [2.24, 2.45) is 0 Å². The van der Waals surface area contributed by atoms with Gasteiger partial charge in [0, 0.05) is 18.8 Å². The lowest BCUT2D eigenvalue weighted by Crippen LogP contribution is -2.26. The van der Waals surface area contributed by atoms with Crippen LogP contribution in [0.5, 0.6) is 0 Å². The van der Waals surface area contributed by atoms with Gasteiger partial charge in [-0.2, -0.15) is 0 Å². The third-order valence-corrected chi connectivity index (χ3v) is 4.65. The summed E-state index contributed by atoms with van der Waals surface area (Å²) in [5.41, 5.74) is 2.87. The monoisotopic (exact) mass is 350 g/mol. The molecular formula is C21H26N4O. The Kier molecular flexibility index (Phi) is 6.36. The maximum Gasteiger partial charge on any atom is 0.271 e. The first-order chi connectivity index (χ1) is 12.8. The molecule has 0 bridgehead atoms. The molecule has 5 heteroatoms. The van der Waals surface area contributed by atoms with E-state index < -0.39 is 0 Å². The number of anilines is 2. The van der Waals surface area contributed by atoms with Crippen LogP contribution in [0.4, 0.5) is 11.5 Å². The number of carbonyl (C=O) groups is 1. The van der Waals surface area contributed by atoms with Crippen molar-refractivity contribution in [1.29, 1.82) is 0 Å². The van der Waals surface area contributed by atoms with Gasteiger partial charge in [0.1, 0.15) is 5.69 Å². The van der Waals surface area contributed by atoms with E-state index in [1.54, 1.807) is 12.4 Å². The smallest absolute Gasteiger partial charge is 0.271 e. The number of hydrogen-bond acceptors (Lipinski definition) is 4. The zero-order chi connectivity index (χ0) is 18.2. The molecule has 1 aliphatic carbocycles. The summed E-state index contributed by atoms with van der Waals surface area (Å²) in [5.74, 6) is 0.575. The highest BCUT2D eigenvalue weighted by Gasteiger charge is 2.12. The predicted octanol–water partition coefficient (Wildman–Crippen LogP) is 4.25. The zero-order valence-electron chi connectivity index (χ0n) is 15.3. The Labute approximate surface area is 155 Å². The molecule has 1 heterocycles. The van der Waals surface area contributed by atoms with Crippen molar-refractivity contribution < 1.29 is 4.79 Å². The van der Waals surface area contributed by atoms with Gasteiger partial charge in [-0.05, 0) is 51.2 Å². The average Bonchev–Trinajstić information content (AvgIpc) is 2.71. The molecule has 0 atom stereocenters. The highest BCUT2D eigenvalue weighted by Crippen LogP contribution is 2.22. The van der Waals surface area contributed by atoms with Crippen molar-refractivity contribution in [1.82, 2.24) is 15.3 Å². The van der Waals surface area contributed by atoms with E-state index in [1.807, 2.05) is 30.3 Å². The Balaban J connectivity index is 1.57. The molecule has 1 aromatic carbocycles. The average molecular weight is 350 g/mol. The van der Waals surface area contributed by atoms with Crippen LogP contribution in [-0.2, 0) is 0 Å². The van der Waals surface area contributed by atoms with Gasteiger partial charge in [-0.3, -0.25) is 4.79 Å². The van der Waals surface area contributed by atoms with Gasteiger partial charge < -0.3 is 10.2 Å². The van der Waals surface area contributed by atoms with Crippen LogP contribution in [0.15, 0.2) is 54.4 Å². The van der Waals surface area contributed by atoms with E-state index in [1.165, 1.54) is 24.8 Å². The molecule has 1 aliphatic rings. The number of para-hydroxylation sites is 1. The van der Waals surface area contributed by atoms with Crippen molar-refractivity contribution in [2.75, 3.05) is 18.0 Å². The van der Waals surface area contributed by atoms with Crippen LogP contribution in [0.25, 0.3) is 0 Å². The first kappa shape index (κ1) is 18.1. The lowest BCUT2D eigenvalue weighted by molar-refractivity contribution is 0.0948. The van der Waals surface area contributed by atoms with Crippen LogP contribution in [0.3, 0.4) is 0 Å². The van der Waals surface area contributed by atoms with Crippen LogP contribution in [0.2, 0.25) is 0 Å². The Hall–Kier alpha value is -2.69. The summed E-state index contributed by atoms with van der Waals surface area (Å²) in [6.45, 7) is 3.49. The molecular weight excluding hydrogens is 324 g/mol. The summed E-state index contributed by atoms with van der Waals surface area (Å²) in [4.78, 5) is 23.1. The molecule has 5 nitrogen and oxygen atoms in total. The van der Waals surface area contributed by atoms with E-state index in [0.717, 1.165) is 30.9 Å². The molecule has 0 saturated heterocycles. The summed E-state index contributed by atoms with van der Waals surface area (Å²) in [6.07, 6.45) is 11.3. The van der Waals surface area contributed by atoms with Gasteiger partial charge in [0.2, 0.25) is 0 Å². The third-order valence-electron chi connectivity index (χ3n) is 4.65. The number of aromatic nitrogens is 2. The van der Waals surface area contributed by atoms with Gasteiger partial charge in [-0.25, -0.2) is 9.97 Å². The number of hydrogen-bond donors (Lipinski definition) is 1. The van der Waals surface area contributed by atoms with Crippen molar-refractivity contribution in [3.05, 3.63) is 60.1 Å². The molecule has 0 spiro atoms. The molecule has 136 valence electrons. The molecule has 1 aromatic heterocycles. The van der Waals surface area contributed by atoms with E-state index in [9.17, 15) is 4.79 Å². The lowest BCUT2D eigenvalue weighted by atomic mass is 9.97. The fraction of sp³-hybridized carbons (Fsp3) is 0.381. The Morgan fingerprint density at radius 2 is 2.00 bits per heavy atom. The van der Waals surface area contributed by atoms with Gasteiger partial charge in [-0.1, -0.05) is 29.8 Å². The fourth-order valence-electron chi connectivity index (χ4n) is 3.22. The number of rotatable bonds is 7. The first-order valence-electron chi connectivity index (χ1n) is 9.38. The van der Waals surface area contributed by atoms with Crippen molar-refractivity contribution in [3.63, 3.8) is 0 Å². The highest BCUT2D eigenvalue weighted by molar-refractivity contribution is 5.92. The zero-order valence-corrected chi connectivity index (χ0v) is 15.3. The second-order valence-electron chi connectivity index (χ2n) is 6.45. The second-order valence-corrected chi connectivity index (χ2v) is 6.45. The standard InChI is InChI=1S/C21H26N4O/c1-2-25(18-11-7-4-8-12-18)20-16-23-19(15-24-20)21(26)22-14-13-17-9-5-3-6-10-17/h4,7-9,11-12,15-16H,2-3,5-6,10,13-14H2,1H3,(H,22,26). The maximum atomic E-state index is 12.3. The minimum atomic E-state index is -0.164. The van der Waals surface area contributed by atoms with E-state index in [-0.39, 0.29) is 5.91 Å². The Bertz CT molecular complexity index is 740. The van der Waals surface area contributed by atoms with E-state index >= 15 is 0 Å². The lowest BCUT2D eigenvalue weighted by Gasteiger charge is -2.21. The second kappa shape index (κ2) is 9.13. The van der Waals surface area contributed by atoms with Crippen LogP contribution in [0, 0.1) is 0 Å². The molecule has 26 heavy (non-hydrogen) atoms. The molecule has 0 aliphatic heterocycles. The molecule has 0 unspecified atom stereocenters. The van der Waals surface area contributed by atoms with Crippen LogP contribution < -0.4 is 10.2 Å². The minimum absolute atomic E-state index is 0.164. The van der Waals surface area contributed by atoms with Crippen LogP contribution >= 0.6 is 0 Å². The number of allylic oxidation sites excluding steroid dienone is 1. The van der Waals surface area contributed by atoms with Crippen molar-refractivity contribution >= 4 is 17.4 Å². The molecule has 3 rings (SSSR count). The largest absolute Gasteiger partial charge is 0.350 e. The number of nitrogens with zero attached hydrogens (tertiary/aromatic N) is 3. The fourth-order valence-corrected chi connectivity index (χ4v) is 3.22. The molecule has 1 amide bonds. The van der Waals surface area contributed by atoms with E-state index in [2.05, 4.69) is 33.2 Å². The quantitative estimate of drug-likeness (QED) is 0.758. The summed E-state index contributed by atoms with van der Waals surface area (Å²) in [6, 6.07) is 10.0. The number of amides is 1. The van der Waals surface area contributed by atoms with Crippen molar-refractivity contribution in [3.8, 4) is 0 Å². The van der Waals surface area contributed by atoms with Crippen LogP contribution in [0.1, 0.15) is 49.5 Å². The van der Waals surface area contributed by atoms with E-state index in [0.29, 0.717) is 12.2 Å². The number of nitrogens with one attached hydrogen (secondary N) is 1. The molecule has 2 aromatic rings. The molecule has 0 radical (unpaired) electrons. The predicted molar refractivity (Wildman–Crippen MR) is 105 cm³/mol. The Morgan fingerprint density at radius 1 is 1.15 bits per heavy atom. The summed E-state index contributed by atoms with van der Waals surface area (Å²) < 4.78 is 0. The maximum absolute atomic E-state index is 12.3. The summed E-state index contributed by atoms with van der Waals surface area (Å²) in [7, 11) is 0. The SMILES string of the molecule is CCN(c1ccccc1)c1cnc(C(=O)NCCC2=CCCCC2)cn1. The first-order valence-corrected chi connectivity index (χ1v) is 9.38. The van der Waals surface area contributed by atoms with Gasteiger partial charge in [0.25, 0.3) is 5.91 Å². The summed E-state index contributed by atoms with van der Waals surface area (Å²) >= 11 is 0. The molecule has 0 fully saturated rings. The highest BCUT2D eigenvalue weighted by atomic mass is 16.1. The molecule has 0 saturated carbocycles. The third kappa shape index (κ3) is 4.69. The molecule has 1 N–H and O–H groups in total.